The molecule has 2 fully saturated rings. The van der Waals surface area contributed by atoms with Crippen LogP contribution in [0.2, 0.25) is 0 Å². The van der Waals surface area contributed by atoms with Crippen LogP contribution in [0.25, 0.3) is 0 Å². The Morgan fingerprint density at radius 3 is 2.30 bits per heavy atom. The molecule has 0 spiro atoms. The van der Waals surface area contributed by atoms with E-state index in [-0.39, 0.29) is 49.6 Å². The zero-order valence-electron chi connectivity index (χ0n) is 11.8. The largest absolute Gasteiger partial charge is 0.327 e. The SMILES string of the molecule is CC(F)(F)CC[C@@H](N)CNC1CC2CC(F)(F)CC2C1. The predicted molar refractivity (Wildman–Crippen MR) is 70.0 cm³/mol. The van der Waals surface area contributed by atoms with Gasteiger partial charge in [0.15, 0.2) is 0 Å². The Labute approximate surface area is 117 Å². The first-order valence-electron chi connectivity index (χ1n) is 7.39. The van der Waals surface area contributed by atoms with Gasteiger partial charge in [0, 0.05) is 37.9 Å². The lowest BCUT2D eigenvalue weighted by molar-refractivity contribution is -0.000369. The van der Waals surface area contributed by atoms with E-state index in [1.165, 1.54) is 0 Å². The normalized spacial score (nSPS) is 34.2. The second-order valence-corrected chi connectivity index (χ2v) is 6.73. The summed E-state index contributed by atoms with van der Waals surface area (Å²) in [4.78, 5) is 0. The lowest BCUT2D eigenvalue weighted by atomic mass is 10.0. The van der Waals surface area contributed by atoms with Gasteiger partial charge >= 0.3 is 0 Å². The molecule has 3 N–H and O–H groups in total. The van der Waals surface area contributed by atoms with Gasteiger partial charge in [-0.3, -0.25) is 0 Å². The predicted octanol–water partition coefficient (Wildman–Crippen LogP) is 3.16. The van der Waals surface area contributed by atoms with Crippen molar-refractivity contribution in [3.05, 3.63) is 0 Å². The highest BCUT2D eigenvalue weighted by atomic mass is 19.3. The molecule has 0 aliphatic heterocycles. The van der Waals surface area contributed by atoms with E-state index in [0.29, 0.717) is 6.54 Å². The molecule has 0 bridgehead atoms. The number of halogens is 4. The number of alkyl halides is 4. The number of hydrogen-bond donors (Lipinski definition) is 2. The molecule has 118 valence electrons. The highest BCUT2D eigenvalue weighted by Crippen LogP contribution is 2.50. The average Bonchev–Trinajstić information content (AvgIpc) is 2.75. The van der Waals surface area contributed by atoms with Crippen LogP contribution >= 0.6 is 0 Å². The van der Waals surface area contributed by atoms with Gasteiger partial charge in [-0.15, -0.1) is 0 Å². The van der Waals surface area contributed by atoms with Gasteiger partial charge in [0.05, 0.1) is 0 Å². The quantitative estimate of drug-likeness (QED) is 0.739. The maximum absolute atomic E-state index is 13.2. The number of nitrogens with one attached hydrogen (secondary N) is 1. The zero-order valence-corrected chi connectivity index (χ0v) is 11.8. The Balaban J connectivity index is 1.65. The van der Waals surface area contributed by atoms with Crippen LogP contribution < -0.4 is 11.1 Å². The summed E-state index contributed by atoms with van der Waals surface area (Å²) >= 11 is 0. The monoisotopic (exact) mass is 296 g/mol. The van der Waals surface area contributed by atoms with Crippen molar-refractivity contribution >= 4 is 0 Å². The van der Waals surface area contributed by atoms with Crippen LogP contribution in [0.5, 0.6) is 0 Å². The second kappa shape index (κ2) is 5.79. The molecule has 2 saturated carbocycles. The molecule has 2 rings (SSSR count). The second-order valence-electron chi connectivity index (χ2n) is 6.73. The third kappa shape index (κ3) is 4.58. The summed E-state index contributed by atoms with van der Waals surface area (Å²) in [6.45, 7) is 1.38. The summed E-state index contributed by atoms with van der Waals surface area (Å²) in [5.41, 5.74) is 5.80. The van der Waals surface area contributed by atoms with Crippen molar-refractivity contribution in [2.24, 2.45) is 17.6 Å². The average molecular weight is 296 g/mol. The highest BCUT2D eigenvalue weighted by molar-refractivity contribution is 4.97. The molecule has 2 nitrogen and oxygen atoms in total. The van der Waals surface area contributed by atoms with Crippen LogP contribution in [0.4, 0.5) is 17.6 Å². The first-order valence-corrected chi connectivity index (χ1v) is 7.39. The molecule has 2 aliphatic rings. The molecule has 0 aromatic carbocycles. The van der Waals surface area contributed by atoms with Crippen molar-refractivity contribution in [3.63, 3.8) is 0 Å². The van der Waals surface area contributed by atoms with Crippen LogP contribution in [0.3, 0.4) is 0 Å². The molecule has 0 amide bonds. The lowest BCUT2D eigenvalue weighted by Gasteiger charge is -2.20. The lowest BCUT2D eigenvalue weighted by Crippen LogP contribution is -2.39. The minimum Gasteiger partial charge on any atom is -0.327 e. The Bertz CT molecular complexity index is 314. The minimum absolute atomic E-state index is 0.00393. The van der Waals surface area contributed by atoms with Crippen molar-refractivity contribution in [1.82, 2.24) is 5.32 Å². The molecular formula is C14H24F4N2. The topological polar surface area (TPSA) is 38.0 Å². The molecule has 6 heteroatoms. The molecule has 2 unspecified atom stereocenters. The van der Waals surface area contributed by atoms with E-state index >= 15 is 0 Å². The van der Waals surface area contributed by atoms with Gasteiger partial charge in [-0.2, -0.15) is 0 Å². The Morgan fingerprint density at radius 2 is 1.80 bits per heavy atom. The van der Waals surface area contributed by atoms with E-state index in [4.69, 9.17) is 5.73 Å². The van der Waals surface area contributed by atoms with Crippen LogP contribution in [-0.2, 0) is 0 Å². The van der Waals surface area contributed by atoms with Crippen LogP contribution in [0.15, 0.2) is 0 Å². The van der Waals surface area contributed by atoms with Crippen LogP contribution in [0.1, 0.15) is 45.4 Å². The fraction of sp³-hybridized carbons (Fsp3) is 1.00. The van der Waals surface area contributed by atoms with Gasteiger partial charge in [0.2, 0.25) is 11.8 Å². The molecule has 20 heavy (non-hydrogen) atoms. The summed E-state index contributed by atoms with van der Waals surface area (Å²) in [6.07, 6.45) is 1.59. The van der Waals surface area contributed by atoms with Crippen molar-refractivity contribution in [1.29, 1.82) is 0 Å². The highest BCUT2D eigenvalue weighted by Gasteiger charge is 2.50. The van der Waals surface area contributed by atoms with Crippen LogP contribution in [0, 0.1) is 11.8 Å². The molecule has 0 aromatic rings. The van der Waals surface area contributed by atoms with Gasteiger partial charge in [-0.25, -0.2) is 17.6 Å². The summed E-state index contributed by atoms with van der Waals surface area (Å²) < 4.78 is 51.8. The summed E-state index contributed by atoms with van der Waals surface area (Å²) in [5.74, 6) is -4.94. The van der Waals surface area contributed by atoms with E-state index in [9.17, 15) is 17.6 Å². The Morgan fingerprint density at radius 1 is 1.25 bits per heavy atom. The first kappa shape index (κ1) is 16.0. The smallest absolute Gasteiger partial charge is 0.248 e. The van der Waals surface area contributed by atoms with Gasteiger partial charge < -0.3 is 11.1 Å². The maximum atomic E-state index is 13.2. The molecule has 2 aliphatic carbocycles. The van der Waals surface area contributed by atoms with Gasteiger partial charge in [0.1, 0.15) is 0 Å². The van der Waals surface area contributed by atoms with E-state index in [1.807, 2.05) is 0 Å². The van der Waals surface area contributed by atoms with E-state index in [0.717, 1.165) is 19.8 Å². The fourth-order valence-corrected chi connectivity index (χ4v) is 3.59. The molecule has 3 atom stereocenters. The first-order chi connectivity index (χ1) is 9.15. The maximum Gasteiger partial charge on any atom is 0.248 e. The Kier molecular flexibility index (Phi) is 4.64. The van der Waals surface area contributed by atoms with Crippen molar-refractivity contribution in [2.75, 3.05) is 6.54 Å². The van der Waals surface area contributed by atoms with Crippen molar-refractivity contribution in [3.8, 4) is 0 Å². The molecule has 0 saturated heterocycles. The summed E-state index contributed by atoms with van der Waals surface area (Å²) in [5, 5.41) is 3.26. The fourth-order valence-electron chi connectivity index (χ4n) is 3.59. The number of nitrogens with two attached hydrogens (primary N) is 1. The summed E-state index contributed by atoms with van der Waals surface area (Å²) in [6, 6.07) is -0.0861. The summed E-state index contributed by atoms with van der Waals surface area (Å²) in [7, 11) is 0. The molecular weight excluding hydrogens is 272 g/mol. The van der Waals surface area contributed by atoms with Crippen molar-refractivity contribution in [2.45, 2.75) is 69.4 Å². The third-order valence-electron chi connectivity index (χ3n) is 4.59. The van der Waals surface area contributed by atoms with E-state index < -0.39 is 11.8 Å². The molecule has 0 aromatic heterocycles. The van der Waals surface area contributed by atoms with Gasteiger partial charge in [0.25, 0.3) is 0 Å². The number of fused-ring (bicyclic) bond motifs is 1. The van der Waals surface area contributed by atoms with Crippen molar-refractivity contribution < 1.29 is 17.6 Å². The minimum atomic E-state index is -2.67. The van der Waals surface area contributed by atoms with E-state index in [1.54, 1.807) is 0 Å². The Hall–Kier alpha value is -0.360. The third-order valence-corrected chi connectivity index (χ3v) is 4.59. The van der Waals surface area contributed by atoms with Gasteiger partial charge in [-0.05, 0) is 38.0 Å². The van der Waals surface area contributed by atoms with Gasteiger partial charge in [-0.1, -0.05) is 0 Å². The number of hydrogen-bond acceptors (Lipinski definition) is 2. The number of rotatable bonds is 6. The molecule has 0 heterocycles. The standard InChI is InChI=1S/C14H24F4N2/c1-13(15,16)3-2-11(19)8-20-12-4-9-6-14(17,18)7-10(9)5-12/h9-12,20H,2-8,19H2,1H3/t9?,10?,11-,12?/m1/s1. The van der Waals surface area contributed by atoms with Crippen LogP contribution in [-0.4, -0.2) is 30.5 Å². The molecule has 0 radical (unpaired) electrons. The van der Waals surface area contributed by atoms with E-state index in [2.05, 4.69) is 5.32 Å². The zero-order chi connectivity index (χ0) is 15.0.